The number of nitrogens with zero attached hydrogens (tertiary/aromatic N) is 2. The minimum atomic E-state index is 0.523. The van der Waals surface area contributed by atoms with E-state index in [1.165, 1.54) is 0 Å². The normalized spacial score (nSPS) is 10.3. The molecule has 0 bridgehead atoms. The molecule has 3 aromatic carbocycles. The summed E-state index contributed by atoms with van der Waals surface area (Å²) in [5, 5.41) is 6.54. The Morgan fingerprint density at radius 1 is 0.714 bits per heavy atom. The van der Waals surface area contributed by atoms with Gasteiger partial charge in [-0.1, -0.05) is 36.4 Å². The standard InChI is InChI=1S/C23H20N4O/c1-17-7-5-6-10-21(17)26-22-15-16-24-23(27-22)25-18-11-13-20(14-12-18)28-19-8-3-2-4-9-19/h2-16H,1H3,(H2,24,25,26,27). The molecule has 0 amide bonds. The van der Waals surface area contributed by atoms with E-state index in [-0.39, 0.29) is 0 Å². The molecule has 2 N–H and O–H groups in total. The molecule has 0 aliphatic carbocycles. The average molecular weight is 368 g/mol. The molecule has 0 spiro atoms. The molecule has 28 heavy (non-hydrogen) atoms. The lowest BCUT2D eigenvalue weighted by molar-refractivity contribution is 0.483. The highest BCUT2D eigenvalue weighted by atomic mass is 16.5. The van der Waals surface area contributed by atoms with Gasteiger partial charge in [0, 0.05) is 17.6 Å². The van der Waals surface area contributed by atoms with Crippen LogP contribution in [0.3, 0.4) is 0 Å². The van der Waals surface area contributed by atoms with E-state index in [0.717, 1.165) is 34.3 Å². The van der Waals surface area contributed by atoms with E-state index in [2.05, 4.69) is 33.6 Å². The zero-order chi connectivity index (χ0) is 19.2. The first-order valence-electron chi connectivity index (χ1n) is 9.02. The zero-order valence-corrected chi connectivity index (χ0v) is 15.5. The SMILES string of the molecule is Cc1ccccc1Nc1ccnc(Nc2ccc(Oc3ccccc3)cc2)n1. The lowest BCUT2D eigenvalue weighted by Crippen LogP contribution is -2.01. The summed E-state index contributed by atoms with van der Waals surface area (Å²) in [5.41, 5.74) is 3.06. The molecule has 0 aliphatic rings. The van der Waals surface area contributed by atoms with Gasteiger partial charge in [0.1, 0.15) is 17.3 Å². The Balaban J connectivity index is 1.43. The first-order valence-corrected chi connectivity index (χ1v) is 9.02. The maximum Gasteiger partial charge on any atom is 0.229 e. The maximum atomic E-state index is 5.81. The van der Waals surface area contributed by atoms with Crippen LogP contribution in [0.1, 0.15) is 5.56 Å². The number of aromatic nitrogens is 2. The third kappa shape index (κ3) is 4.45. The van der Waals surface area contributed by atoms with Gasteiger partial charge in [0.2, 0.25) is 5.95 Å². The van der Waals surface area contributed by atoms with Gasteiger partial charge < -0.3 is 15.4 Å². The molecule has 4 aromatic rings. The Kier molecular flexibility index (Phi) is 5.15. The molecule has 1 heterocycles. The van der Waals surface area contributed by atoms with Crippen molar-refractivity contribution in [2.24, 2.45) is 0 Å². The Labute approximate surface area is 164 Å². The summed E-state index contributed by atoms with van der Waals surface area (Å²) in [5.74, 6) is 2.83. The van der Waals surface area contributed by atoms with Crippen LogP contribution >= 0.6 is 0 Å². The molecule has 1 aromatic heterocycles. The fraction of sp³-hybridized carbons (Fsp3) is 0.0435. The lowest BCUT2D eigenvalue weighted by atomic mass is 10.2. The van der Waals surface area contributed by atoms with Gasteiger partial charge in [0.15, 0.2) is 0 Å². The van der Waals surface area contributed by atoms with Gasteiger partial charge in [-0.15, -0.1) is 0 Å². The summed E-state index contributed by atoms with van der Waals surface area (Å²) in [6, 6.07) is 27.3. The number of hydrogen-bond donors (Lipinski definition) is 2. The predicted octanol–water partition coefficient (Wildman–Crippen LogP) is 6.06. The molecule has 0 radical (unpaired) electrons. The molecule has 0 aliphatic heterocycles. The number of para-hydroxylation sites is 2. The number of aryl methyl sites for hydroxylation is 1. The number of hydrogen-bond acceptors (Lipinski definition) is 5. The minimum Gasteiger partial charge on any atom is -0.457 e. The third-order valence-electron chi connectivity index (χ3n) is 4.15. The number of ether oxygens (including phenoxy) is 1. The highest BCUT2D eigenvalue weighted by Gasteiger charge is 2.03. The summed E-state index contributed by atoms with van der Waals surface area (Å²) >= 11 is 0. The quantitative estimate of drug-likeness (QED) is 0.433. The van der Waals surface area contributed by atoms with E-state index in [9.17, 15) is 0 Å². The third-order valence-corrected chi connectivity index (χ3v) is 4.15. The monoisotopic (exact) mass is 368 g/mol. The van der Waals surface area contributed by atoms with Gasteiger partial charge in [0.05, 0.1) is 0 Å². The first kappa shape index (κ1) is 17.5. The molecule has 5 nitrogen and oxygen atoms in total. The largest absolute Gasteiger partial charge is 0.457 e. The Bertz CT molecular complexity index is 1050. The molecule has 0 saturated carbocycles. The Morgan fingerprint density at radius 3 is 2.21 bits per heavy atom. The molecule has 0 atom stereocenters. The summed E-state index contributed by atoms with van der Waals surface area (Å²) in [7, 11) is 0. The number of benzene rings is 3. The topological polar surface area (TPSA) is 59.1 Å². The second kappa shape index (κ2) is 8.22. The van der Waals surface area contributed by atoms with Crippen LogP contribution in [0.2, 0.25) is 0 Å². The zero-order valence-electron chi connectivity index (χ0n) is 15.5. The molecule has 0 saturated heterocycles. The fourth-order valence-electron chi connectivity index (χ4n) is 2.70. The van der Waals surface area contributed by atoms with Crippen molar-refractivity contribution in [1.29, 1.82) is 0 Å². The van der Waals surface area contributed by atoms with Gasteiger partial charge in [-0.25, -0.2) is 4.98 Å². The summed E-state index contributed by atoms with van der Waals surface area (Å²) in [4.78, 5) is 8.83. The van der Waals surface area contributed by atoms with E-state index in [1.807, 2.05) is 78.9 Å². The van der Waals surface area contributed by atoms with Crippen LogP contribution in [0.15, 0.2) is 91.1 Å². The van der Waals surface area contributed by atoms with Gasteiger partial charge in [-0.2, -0.15) is 4.98 Å². The summed E-state index contributed by atoms with van der Waals surface area (Å²) in [6.07, 6.45) is 1.73. The lowest BCUT2D eigenvalue weighted by Gasteiger charge is -2.11. The van der Waals surface area contributed by atoms with Crippen molar-refractivity contribution in [3.63, 3.8) is 0 Å². The smallest absolute Gasteiger partial charge is 0.229 e. The van der Waals surface area contributed by atoms with Gasteiger partial charge in [0.25, 0.3) is 0 Å². The highest BCUT2D eigenvalue weighted by Crippen LogP contribution is 2.24. The van der Waals surface area contributed by atoms with Crippen LogP contribution in [-0.2, 0) is 0 Å². The van der Waals surface area contributed by atoms with Crippen LogP contribution in [0.25, 0.3) is 0 Å². The van der Waals surface area contributed by atoms with Crippen molar-refractivity contribution in [1.82, 2.24) is 9.97 Å². The Morgan fingerprint density at radius 2 is 1.43 bits per heavy atom. The average Bonchev–Trinajstić information content (AvgIpc) is 2.72. The van der Waals surface area contributed by atoms with Gasteiger partial charge in [-0.3, -0.25) is 0 Å². The molecule has 0 fully saturated rings. The Hall–Kier alpha value is -3.86. The second-order valence-electron chi connectivity index (χ2n) is 6.27. The van der Waals surface area contributed by atoms with Crippen molar-refractivity contribution in [3.05, 3.63) is 96.7 Å². The highest BCUT2D eigenvalue weighted by molar-refractivity contribution is 5.62. The maximum absolute atomic E-state index is 5.81. The second-order valence-corrected chi connectivity index (χ2v) is 6.27. The first-order chi connectivity index (χ1) is 13.8. The van der Waals surface area contributed by atoms with Crippen LogP contribution < -0.4 is 15.4 Å². The van der Waals surface area contributed by atoms with Crippen LogP contribution in [-0.4, -0.2) is 9.97 Å². The molecule has 138 valence electrons. The van der Waals surface area contributed by atoms with Crippen molar-refractivity contribution >= 4 is 23.1 Å². The van der Waals surface area contributed by atoms with E-state index < -0.39 is 0 Å². The van der Waals surface area contributed by atoms with Crippen LogP contribution in [0.5, 0.6) is 11.5 Å². The number of nitrogens with one attached hydrogen (secondary N) is 2. The molecular weight excluding hydrogens is 348 g/mol. The van der Waals surface area contributed by atoms with E-state index in [0.29, 0.717) is 5.95 Å². The van der Waals surface area contributed by atoms with Crippen molar-refractivity contribution in [2.45, 2.75) is 6.92 Å². The number of anilines is 4. The van der Waals surface area contributed by atoms with Gasteiger partial charge >= 0.3 is 0 Å². The van der Waals surface area contributed by atoms with E-state index in [1.54, 1.807) is 6.20 Å². The van der Waals surface area contributed by atoms with Gasteiger partial charge in [-0.05, 0) is 61.0 Å². The van der Waals surface area contributed by atoms with Crippen molar-refractivity contribution in [2.75, 3.05) is 10.6 Å². The molecule has 4 rings (SSSR count). The number of rotatable bonds is 6. The van der Waals surface area contributed by atoms with Crippen molar-refractivity contribution in [3.8, 4) is 11.5 Å². The molecular formula is C23H20N4O. The minimum absolute atomic E-state index is 0.523. The predicted molar refractivity (Wildman–Crippen MR) is 113 cm³/mol. The fourth-order valence-corrected chi connectivity index (χ4v) is 2.70. The van der Waals surface area contributed by atoms with E-state index >= 15 is 0 Å². The van der Waals surface area contributed by atoms with E-state index in [4.69, 9.17) is 4.74 Å². The molecule has 0 unspecified atom stereocenters. The van der Waals surface area contributed by atoms with Crippen LogP contribution in [0, 0.1) is 6.92 Å². The molecule has 5 heteroatoms. The summed E-state index contributed by atoms with van der Waals surface area (Å²) in [6.45, 7) is 2.06. The van der Waals surface area contributed by atoms with Crippen molar-refractivity contribution < 1.29 is 4.74 Å². The summed E-state index contributed by atoms with van der Waals surface area (Å²) < 4.78 is 5.81. The van der Waals surface area contributed by atoms with Crippen LogP contribution in [0.4, 0.5) is 23.1 Å².